The van der Waals surface area contributed by atoms with E-state index in [1.807, 2.05) is 16.8 Å². The Morgan fingerprint density at radius 2 is 1.69 bits per heavy atom. The minimum Gasteiger partial charge on any atom is -0.341 e. The lowest BCUT2D eigenvalue weighted by Crippen LogP contribution is -2.60. The second kappa shape index (κ2) is 10.1. The Hall–Kier alpha value is -1.42. The fourth-order valence-electron chi connectivity index (χ4n) is 3.75. The molecule has 0 aromatic rings. The van der Waals surface area contributed by atoms with Gasteiger partial charge in [0.2, 0.25) is 5.91 Å². The molecule has 0 aromatic carbocycles. The van der Waals surface area contributed by atoms with Crippen molar-refractivity contribution in [2.45, 2.75) is 59.5 Å². The number of hydrazine groups is 2. The average Bonchev–Trinajstić information content (AvgIpc) is 3.21. The summed E-state index contributed by atoms with van der Waals surface area (Å²) < 4.78 is 0. The number of carbonyl (C=O) groups is 2. The molecule has 2 rings (SSSR count). The third kappa shape index (κ3) is 6.80. The van der Waals surface area contributed by atoms with Crippen molar-refractivity contribution >= 4 is 11.9 Å². The molecule has 0 saturated carbocycles. The zero-order valence-corrected chi connectivity index (χ0v) is 19.0. The van der Waals surface area contributed by atoms with Crippen molar-refractivity contribution in [1.29, 1.82) is 0 Å². The minimum absolute atomic E-state index is 0.00921. The number of nitrogens with zero attached hydrogens (tertiary/aromatic N) is 2. The molecule has 2 heterocycles. The lowest BCUT2D eigenvalue weighted by Gasteiger charge is -2.39. The van der Waals surface area contributed by atoms with Crippen LogP contribution in [0, 0.1) is 10.8 Å². The predicted octanol–water partition coefficient (Wildman–Crippen LogP) is 0.262. The predicted molar refractivity (Wildman–Crippen MR) is 115 cm³/mol. The maximum absolute atomic E-state index is 12.1. The Kier molecular flexibility index (Phi) is 8.28. The van der Waals surface area contributed by atoms with Crippen LogP contribution in [0.4, 0.5) is 4.79 Å². The molecule has 2 aliphatic heterocycles. The van der Waals surface area contributed by atoms with Crippen LogP contribution in [-0.4, -0.2) is 80.1 Å². The first-order chi connectivity index (χ1) is 13.5. The first-order valence-corrected chi connectivity index (χ1v) is 10.8. The van der Waals surface area contributed by atoms with Crippen molar-refractivity contribution in [3.63, 3.8) is 0 Å². The van der Waals surface area contributed by atoms with Crippen molar-refractivity contribution in [3.8, 4) is 0 Å². The number of carbonyl (C=O) groups excluding carboxylic acids is 2. The summed E-state index contributed by atoms with van der Waals surface area (Å²) in [5, 5.41) is 2.87. The molecule has 3 amide bonds. The van der Waals surface area contributed by atoms with Crippen molar-refractivity contribution in [2.75, 3.05) is 46.3 Å². The molecule has 0 aliphatic carbocycles. The maximum atomic E-state index is 12.1. The van der Waals surface area contributed by atoms with Gasteiger partial charge in [-0.2, -0.15) is 0 Å². The highest BCUT2D eigenvalue weighted by atomic mass is 16.2. The molecular weight excluding hydrogens is 370 g/mol. The Labute approximate surface area is 175 Å². The summed E-state index contributed by atoms with van der Waals surface area (Å²) in [6.45, 7) is 15.3. The fourth-order valence-corrected chi connectivity index (χ4v) is 3.75. The van der Waals surface area contributed by atoms with Gasteiger partial charge in [0.05, 0.1) is 0 Å². The maximum Gasteiger partial charge on any atom is 0.317 e. The molecule has 2 atom stereocenters. The van der Waals surface area contributed by atoms with Gasteiger partial charge in [-0.1, -0.05) is 34.6 Å². The van der Waals surface area contributed by atoms with Gasteiger partial charge in [-0.15, -0.1) is 0 Å². The van der Waals surface area contributed by atoms with Crippen LogP contribution in [-0.2, 0) is 4.79 Å². The molecule has 9 nitrogen and oxygen atoms in total. The summed E-state index contributed by atoms with van der Waals surface area (Å²) in [5.41, 5.74) is 13.1. The number of urea groups is 1. The van der Waals surface area contributed by atoms with E-state index in [2.05, 4.69) is 61.6 Å². The summed E-state index contributed by atoms with van der Waals surface area (Å²) >= 11 is 0. The zero-order chi connectivity index (χ0) is 21.7. The monoisotopic (exact) mass is 411 g/mol. The molecule has 168 valence electrons. The van der Waals surface area contributed by atoms with Gasteiger partial charge in [-0.25, -0.2) is 4.79 Å². The molecule has 0 spiro atoms. The number of hydrogen-bond acceptors (Lipinski definition) is 6. The Morgan fingerprint density at radius 1 is 1.00 bits per heavy atom. The third-order valence-corrected chi connectivity index (χ3v) is 6.05. The standard InChI is InChI=1S/C20H41N7O2/c1-19(2,3)15(12-27-11-9-22-18(27)29)25-23-14-20(4,5)16(24-21-6)13-26-10-7-8-17(26)28/h15-16,21,23-25H,7-14H2,1-6H3,(H,22,29)/t15-,16-/m1/s1. The van der Waals surface area contributed by atoms with E-state index in [4.69, 9.17) is 0 Å². The quantitative estimate of drug-likeness (QED) is 0.313. The van der Waals surface area contributed by atoms with Gasteiger partial charge in [0, 0.05) is 57.8 Å². The van der Waals surface area contributed by atoms with Crippen LogP contribution in [0.2, 0.25) is 0 Å². The second-order valence-corrected chi connectivity index (χ2v) is 9.97. The van der Waals surface area contributed by atoms with Crippen LogP contribution >= 0.6 is 0 Å². The lowest BCUT2D eigenvalue weighted by molar-refractivity contribution is -0.128. The Bertz CT molecular complexity index is 562. The van der Waals surface area contributed by atoms with Crippen LogP contribution in [0.3, 0.4) is 0 Å². The van der Waals surface area contributed by atoms with E-state index in [1.54, 1.807) is 0 Å². The SMILES string of the molecule is CNN[C@H](CN1CCCC1=O)C(C)(C)CNN[C@H](CN1CCNC1=O)C(C)(C)C. The summed E-state index contributed by atoms with van der Waals surface area (Å²) in [5.74, 6) is 0.242. The fraction of sp³-hybridized carbons (Fsp3) is 0.900. The lowest BCUT2D eigenvalue weighted by atomic mass is 9.84. The molecule has 0 aromatic heterocycles. The van der Waals surface area contributed by atoms with E-state index in [0.717, 1.165) is 19.5 Å². The highest BCUT2D eigenvalue weighted by Gasteiger charge is 2.34. The number of nitrogens with one attached hydrogen (secondary N) is 5. The molecule has 2 fully saturated rings. The van der Waals surface area contributed by atoms with E-state index < -0.39 is 0 Å². The van der Waals surface area contributed by atoms with Gasteiger partial charge in [0.15, 0.2) is 0 Å². The van der Waals surface area contributed by atoms with Crippen LogP contribution in [0.25, 0.3) is 0 Å². The molecule has 0 radical (unpaired) electrons. The molecule has 0 unspecified atom stereocenters. The summed E-state index contributed by atoms with van der Waals surface area (Å²) in [4.78, 5) is 27.8. The van der Waals surface area contributed by atoms with E-state index >= 15 is 0 Å². The zero-order valence-electron chi connectivity index (χ0n) is 19.0. The highest BCUT2D eigenvalue weighted by Crippen LogP contribution is 2.23. The van der Waals surface area contributed by atoms with E-state index in [1.165, 1.54) is 0 Å². The van der Waals surface area contributed by atoms with E-state index in [9.17, 15) is 9.59 Å². The Balaban J connectivity index is 1.92. The molecule has 9 heteroatoms. The molecule has 2 saturated heterocycles. The summed E-state index contributed by atoms with van der Waals surface area (Å²) in [6.07, 6.45) is 1.60. The summed E-state index contributed by atoms with van der Waals surface area (Å²) in [6, 6.07) is 0.217. The van der Waals surface area contributed by atoms with Gasteiger partial charge in [0.25, 0.3) is 0 Å². The molecular formula is C20H41N7O2. The third-order valence-electron chi connectivity index (χ3n) is 6.05. The topological polar surface area (TPSA) is 101 Å². The Morgan fingerprint density at radius 3 is 2.21 bits per heavy atom. The largest absolute Gasteiger partial charge is 0.341 e. The molecule has 0 bridgehead atoms. The van der Waals surface area contributed by atoms with Crippen molar-refractivity contribution < 1.29 is 9.59 Å². The van der Waals surface area contributed by atoms with Crippen LogP contribution in [0.5, 0.6) is 0 Å². The van der Waals surface area contributed by atoms with Crippen LogP contribution in [0.1, 0.15) is 47.5 Å². The van der Waals surface area contributed by atoms with Gasteiger partial charge < -0.3 is 15.1 Å². The number of hydrogen-bond donors (Lipinski definition) is 5. The van der Waals surface area contributed by atoms with Crippen LogP contribution < -0.4 is 27.0 Å². The average molecular weight is 412 g/mol. The number of likely N-dealkylation sites (tertiary alicyclic amines) is 1. The van der Waals surface area contributed by atoms with Crippen LogP contribution in [0.15, 0.2) is 0 Å². The number of rotatable bonds is 11. The van der Waals surface area contributed by atoms with E-state index in [0.29, 0.717) is 32.6 Å². The van der Waals surface area contributed by atoms with Crippen molar-refractivity contribution in [3.05, 3.63) is 0 Å². The van der Waals surface area contributed by atoms with Gasteiger partial charge in [-0.05, 0) is 24.3 Å². The second-order valence-electron chi connectivity index (χ2n) is 9.97. The molecule has 29 heavy (non-hydrogen) atoms. The molecule has 5 N–H and O–H groups in total. The van der Waals surface area contributed by atoms with Gasteiger partial charge in [0.1, 0.15) is 0 Å². The van der Waals surface area contributed by atoms with Crippen molar-refractivity contribution in [2.24, 2.45) is 10.8 Å². The molecule has 2 aliphatic rings. The smallest absolute Gasteiger partial charge is 0.317 e. The highest BCUT2D eigenvalue weighted by molar-refractivity contribution is 5.78. The van der Waals surface area contributed by atoms with Gasteiger partial charge in [-0.3, -0.25) is 26.5 Å². The van der Waals surface area contributed by atoms with Gasteiger partial charge >= 0.3 is 6.03 Å². The van der Waals surface area contributed by atoms with Crippen molar-refractivity contribution in [1.82, 2.24) is 36.8 Å². The first-order valence-electron chi connectivity index (χ1n) is 10.8. The summed E-state index contributed by atoms with van der Waals surface area (Å²) in [7, 11) is 1.86. The van der Waals surface area contributed by atoms with E-state index in [-0.39, 0.29) is 34.9 Å². The first kappa shape index (κ1) is 23.9. The number of amides is 3. The normalized spacial score (nSPS) is 20.3. The minimum atomic E-state index is -0.119.